The molecule has 106 valence electrons. The van der Waals surface area contributed by atoms with Crippen molar-refractivity contribution in [3.8, 4) is 0 Å². The Morgan fingerprint density at radius 1 is 1.14 bits per heavy atom. The molecule has 0 spiro atoms. The van der Waals surface area contributed by atoms with Crippen molar-refractivity contribution in [3.05, 3.63) is 59.7 Å². The Hall–Kier alpha value is -2.62. The lowest BCUT2D eigenvalue weighted by Crippen LogP contribution is -2.22. The van der Waals surface area contributed by atoms with Gasteiger partial charge < -0.3 is 10.2 Å². The van der Waals surface area contributed by atoms with Gasteiger partial charge in [-0.1, -0.05) is 25.1 Å². The van der Waals surface area contributed by atoms with Gasteiger partial charge in [0.15, 0.2) is 0 Å². The SMILES string of the molecule is CCC(=O)Nc1ccc(N2Cc3ccccc3C2=O)cc1. The van der Waals surface area contributed by atoms with Gasteiger partial charge in [-0.05, 0) is 35.9 Å². The fourth-order valence-electron chi connectivity index (χ4n) is 2.44. The Morgan fingerprint density at radius 2 is 1.86 bits per heavy atom. The smallest absolute Gasteiger partial charge is 0.258 e. The molecule has 1 N–H and O–H groups in total. The number of fused-ring (bicyclic) bond motifs is 1. The molecule has 0 bridgehead atoms. The fraction of sp³-hybridized carbons (Fsp3) is 0.176. The largest absolute Gasteiger partial charge is 0.326 e. The summed E-state index contributed by atoms with van der Waals surface area (Å²) in [5.74, 6) is 0.00310. The average molecular weight is 280 g/mol. The molecule has 0 radical (unpaired) electrons. The van der Waals surface area contributed by atoms with E-state index < -0.39 is 0 Å². The average Bonchev–Trinajstić information content (AvgIpc) is 2.85. The Labute approximate surface area is 123 Å². The van der Waals surface area contributed by atoms with Gasteiger partial charge in [0.25, 0.3) is 5.91 Å². The first-order valence-electron chi connectivity index (χ1n) is 6.98. The molecular weight excluding hydrogens is 264 g/mol. The molecule has 1 aliphatic heterocycles. The Morgan fingerprint density at radius 3 is 2.52 bits per heavy atom. The number of nitrogens with zero attached hydrogens (tertiary/aromatic N) is 1. The van der Waals surface area contributed by atoms with Crippen molar-refractivity contribution in [2.45, 2.75) is 19.9 Å². The molecule has 0 atom stereocenters. The summed E-state index contributed by atoms with van der Waals surface area (Å²) < 4.78 is 0. The monoisotopic (exact) mass is 280 g/mol. The number of hydrogen-bond acceptors (Lipinski definition) is 2. The number of amides is 2. The zero-order chi connectivity index (χ0) is 14.8. The van der Waals surface area contributed by atoms with Gasteiger partial charge in [0.2, 0.25) is 5.91 Å². The molecule has 4 heteroatoms. The Kier molecular flexibility index (Phi) is 3.44. The van der Waals surface area contributed by atoms with Crippen LogP contribution in [0.4, 0.5) is 11.4 Å². The van der Waals surface area contributed by atoms with Crippen LogP contribution in [0.15, 0.2) is 48.5 Å². The molecule has 2 aromatic carbocycles. The zero-order valence-electron chi connectivity index (χ0n) is 11.8. The lowest BCUT2D eigenvalue weighted by Gasteiger charge is -2.16. The molecule has 0 aromatic heterocycles. The van der Waals surface area contributed by atoms with Crippen LogP contribution >= 0.6 is 0 Å². The first-order chi connectivity index (χ1) is 10.2. The van der Waals surface area contributed by atoms with Crippen LogP contribution in [-0.2, 0) is 11.3 Å². The second-order valence-corrected chi connectivity index (χ2v) is 5.00. The molecule has 0 saturated carbocycles. The minimum Gasteiger partial charge on any atom is -0.326 e. The summed E-state index contributed by atoms with van der Waals surface area (Å²) in [6.45, 7) is 2.40. The van der Waals surface area contributed by atoms with Crippen LogP contribution < -0.4 is 10.2 Å². The minimum atomic E-state index is -0.0209. The maximum Gasteiger partial charge on any atom is 0.258 e. The Balaban J connectivity index is 1.80. The first kappa shape index (κ1) is 13.4. The minimum absolute atomic E-state index is 0.0209. The second kappa shape index (κ2) is 5.40. The van der Waals surface area contributed by atoms with E-state index in [4.69, 9.17) is 0 Å². The van der Waals surface area contributed by atoms with E-state index in [1.165, 1.54) is 0 Å². The Bertz CT molecular complexity index is 692. The van der Waals surface area contributed by atoms with Gasteiger partial charge in [0, 0.05) is 23.4 Å². The van der Waals surface area contributed by atoms with Gasteiger partial charge in [-0.3, -0.25) is 9.59 Å². The van der Waals surface area contributed by atoms with E-state index >= 15 is 0 Å². The van der Waals surface area contributed by atoms with Crippen molar-refractivity contribution in [1.82, 2.24) is 0 Å². The van der Waals surface area contributed by atoms with Crippen molar-refractivity contribution in [1.29, 1.82) is 0 Å². The molecule has 0 saturated heterocycles. The lowest BCUT2D eigenvalue weighted by molar-refractivity contribution is -0.115. The molecule has 2 aromatic rings. The van der Waals surface area contributed by atoms with Gasteiger partial charge in [-0.15, -0.1) is 0 Å². The van der Waals surface area contributed by atoms with Crippen molar-refractivity contribution >= 4 is 23.2 Å². The highest BCUT2D eigenvalue weighted by Crippen LogP contribution is 2.28. The van der Waals surface area contributed by atoms with E-state index in [9.17, 15) is 9.59 Å². The van der Waals surface area contributed by atoms with Crippen LogP contribution in [0.2, 0.25) is 0 Å². The van der Waals surface area contributed by atoms with Crippen LogP contribution in [0.3, 0.4) is 0 Å². The molecule has 1 heterocycles. The van der Waals surface area contributed by atoms with E-state index in [2.05, 4.69) is 5.32 Å². The summed E-state index contributed by atoms with van der Waals surface area (Å²) in [4.78, 5) is 25.5. The fourth-order valence-corrected chi connectivity index (χ4v) is 2.44. The third kappa shape index (κ3) is 2.52. The van der Waals surface area contributed by atoms with E-state index in [0.29, 0.717) is 13.0 Å². The van der Waals surface area contributed by atoms with Gasteiger partial charge >= 0.3 is 0 Å². The molecule has 2 amide bonds. The molecule has 0 unspecified atom stereocenters. The van der Waals surface area contributed by atoms with Crippen molar-refractivity contribution in [2.24, 2.45) is 0 Å². The predicted octanol–water partition coefficient (Wildman–Crippen LogP) is 3.20. The first-order valence-corrected chi connectivity index (χ1v) is 6.98. The highest BCUT2D eigenvalue weighted by Gasteiger charge is 2.27. The summed E-state index contributed by atoms with van der Waals surface area (Å²) in [6, 6.07) is 15.0. The number of rotatable bonds is 3. The summed E-state index contributed by atoms with van der Waals surface area (Å²) in [6.07, 6.45) is 0.446. The van der Waals surface area contributed by atoms with E-state index in [1.54, 1.807) is 4.90 Å². The van der Waals surface area contributed by atoms with E-state index in [-0.39, 0.29) is 11.8 Å². The highest BCUT2D eigenvalue weighted by molar-refractivity contribution is 6.10. The molecule has 0 fully saturated rings. The van der Waals surface area contributed by atoms with E-state index in [0.717, 1.165) is 22.5 Å². The summed E-state index contributed by atoms with van der Waals surface area (Å²) in [5, 5.41) is 2.80. The van der Waals surface area contributed by atoms with Crippen molar-refractivity contribution in [2.75, 3.05) is 10.2 Å². The van der Waals surface area contributed by atoms with Gasteiger partial charge in [-0.2, -0.15) is 0 Å². The van der Waals surface area contributed by atoms with Crippen LogP contribution in [-0.4, -0.2) is 11.8 Å². The number of benzene rings is 2. The summed E-state index contributed by atoms with van der Waals surface area (Å²) >= 11 is 0. The van der Waals surface area contributed by atoms with Crippen LogP contribution in [0, 0.1) is 0 Å². The summed E-state index contributed by atoms with van der Waals surface area (Å²) in [5.41, 5.74) is 3.40. The zero-order valence-corrected chi connectivity index (χ0v) is 11.8. The number of anilines is 2. The van der Waals surface area contributed by atoms with Crippen molar-refractivity contribution in [3.63, 3.8) is 0 Å². The van der Waals surface area contributed by atoms with Crippen LogP contribution in [0.1, 0.15) is 29.3 Å². The maximum atomic E-state index is 12.4. The molecule has 0 aliphatic carbocycles. The van der Waals surface area contributed by atoms with Crippen LogP contribution in [0.25, 0.3) is 0 Å². The molecule has 3 rings (SSSR count). The van der Waals surface area contributed by atoms with Crippen LogP contribution in [0.5, 0.6) is 0 Å². The summed E-state index contributed by atoms with van der Waals surface area (Å²) in [7, 11) is 0. The normalized spacial score (nSPS) is 13.2. The molecule has 4 nitrogen and oxygen atoms in total. The molecule has 21 heavy (non-hydrogen) atoms. The van der Waals surface area contributed by atoms with Crippen molar-refractivity contribution < 1.29 is 9.59 Å². The maximum absolute atomic E-state index is 12.4. The lowest BCUT2D eigenvalue weighted by atomic mass is 10.1. The number of carbonyl (C=O) groups is 2. The van der Waals surface area contributed by atoms with E-state index in [1.807, 2.05) is 55.5 Å². The van der Waals surface area contributed by atoms with Gasteiger partial charge in [0.05, 0.1) is 6.54 Å². The number of nitrogens with one attached hydrogen (secondary N) is 1. The number of hydrogen-bond donors (Lipinski definition) is 1. The molecule has 1 aliphatic rings. The highest BCUT2D eigenvalue weighted by atomic mass is 16.2. The number of carbonyl (C=O) groups excluding carboxylic acids is 2. The second-order valence-electron chi connectivity index (χ2n) is 5.00. The molecular formula is C17H16N2O2. The van der Waals surface area contributed by atoms with Gasteiger partial charge in [0.1, 0.15) is 0 Å². The third-order valence-electron chi connectivity index (χ3n) is 3.61. The standard InChI is InChI=1S/C17H16N2O2/c1-2-16(20)18-13-7-9-14(10-8-13)19-11-12-5-3-4-6-15(12)17(19)21/h3-10H,2,11H2,1H3,(H,18,20). The predicted molar refractivity (Wildman–Crippen MR) is 82.3 cm³/mol. The van der Waals surface area contributed by atoms with Gasteiger partial charge in [-0.25, -0.2) is 0 Å². The topological polar surface area (TPSA) is 49.4 Å². The quantitative estimate of drug-likeness (QED) is 0.938. The third-order valence-corrected chi connectivity index (χ3v) is 3.61.